The molecule has 0 fully saturated rings. The zero-order valence-corrected chi connectivity index (χ0v) is 36.2. The highest BCUT2D eigenvalue weighted by atomic mass is 31.2. The van der Waals surface area contributed by atoms with E-state index >= 15 is 9.13 Å². The van der Waals surface area contributed by atoms with Gasteiger partial charge in [-0.05, 0) is 121 Å². The Hall–Kier alpha value is -6.18. The van der Waals surface area contributed by atoms with Crippen LogP contribution in [0.15, 0.2) is 194 Å². The lowest BCUT2D eigenvalue weighted by Crippen LogP contribution is -2.22. The summed E-state index contributed by atoms with van der Waals surface area (Å²) >= 11 is 0. The standard InChI is InChI=1S/C54H48O4P2/c1-39-35-45(37-43-23-11-5-12-24-43)53(57-59(55,47-27-15-7-16-28-47)48-29-17-8-18-30-48)51(41(39)3)52-42(4)40(2)36-46(38-44-25-13-6-14-26-44)54(52)58-60(56,49-31-19-9-20-32-49)50-33-21-10-22-34-50/h5-36H,37-38H2,1-4H3. The van der Waals surface area contributed by atoms with Gasteiger partial charge >= 0.3 is 14.7 Å². The molecular formula is C54H48O4P2. The maximum absolute atomic E-state index is 16.0. The molecule has 0 atom stereocenters. The lowest BCUT2D eigenvalue weighted by molar-refractivity contribution is 0.496. The second kappa shape index (κ2) is 17.6. The largest absolute Gasteiger partial charge is 0.436 e. The van der Waals surface area contributed by atoms with Gasteiger partial charge in [-0.2, -0.15) is 0 Å². The fourth-order valence-electron chi connectivity index (χ4n) is 7.89. The van der Waals surface area contributed by atoms with E-state index in [9.17, 15) is 0 Å². The van der Waals surface area contributed by atoms with E-state index in [4.69, 9.17) is 9.05 Å². The molecule has 0 N–H and O–H groups in total. The van der Waals surface area contributed by atoms with E-state index in [2.05, 4.69) is 64.1 Å². The summed E-state index contributed by atoms with van der Waals surface area (Å²) in [5.41, 5.74) is 9.48. The highest BCUT2D eigenvalue weighted by Gasteiger charge is 2.37. The molecular weight excluding hydrogens is 775 g/mol. The van der Waals surface area contributed by atoms with Crippen molar-refractivity contribution in [2.24, 2.45) is 0 Å². The number of hydrogen-bond acceptors (Lipinski definition) is 4. The summed E-state index contributed by atoms with van der Waals surface area (Å²) in [6.45, 7) is 8.41. The van der Waals surface area contributed by atoms with Gasteiger partial charge in [0.05, 0.1) is 21.2 Å². The predicted octanol–water partition coefficient (Wildman–Crippen LogP) is 12.4. The molecule has 0 amide bonds. The average Bonchev–Trinajstić information content (AvgIpc) is 3.29. The highest BCUT2D eigenvalue weighted by Crippen LogP contribution is 2.56. The lowest BCUT2D eigenvalue weighted by Gasteiger charge is -2.30. The molecule has 0 heterocycles. The smallest absolute Gasteiger partial charge is 0.306 e. The van der Waals surface area contributed by atoms with Crippen LogP contribution in [0.25, 0.3) is 11.1 Å². The second-order valence-electron chi connectivity index (χ2n) is 15.3. The maximum Gasteiger partial charge on any atom is 0.306 e. The van der Waals surface area contributed by atoms with Gasteiger partial charge in [0.15, 0.2) is 0 Å². The molecule has 298 valence electrons. The fraction of sp³-hybridized carbons (Fsp3) is 0.111. The van der Waals surface area contributed by atoms with Crippen molar-refractivity contribution in [2.45, 2.75) is 40.5 Å². The maximum atomic E-state index is 16.0. The monoisotopic (exact) mass is 822 g/mol. The number of benzene rings is 8. The molecule has 6 heteroatoms. The summed E-state index contributed by atoms with van der Waals surface area (Å²) in [4.78, 5) is 0. The van der Waals surface area contributed by atoms with Gasteiger partial charge in [0, 0.05) is 24.0 Å². The fourth-order valence-corrected chi connectivity index (χ4v) is 12.1. The Morgan fingerprint density at radius 1 is 0.367 bits per heavy atom. The summed E-state index contributed by atoms with van der Waals surface area (Å²) in [7, 11) is -7.60. The Balaban J connectivity index is 1.47. The van der Waals surface area contributed by atoms with Gasteiger partial charge in [-0.25, -0.2) is 0 Å². The normalized spacial score (nSPS) is 11.6. The molecule has 0 aliphatic rings. The van der Waals surface area contributed by atoms with Crippen molar-refractivity contribution in [2.75, 3.05) is 0 Å². The molecule has 0 saturated carbocycles. The Kier molecular flexibility index (Phi) is 11.9. The van der Waals surface area contributed by atoms with Gasteiger partial charge in [-0.15, -0.1) is 0 Å². The molecule has 8 rings (SSSR count). The van der Waals surface area contributed by atoms with Crippen molar-refractivity contribution in [3.8, 4) is 22.6 Å². The number of aryl methyl sites for hydroxylation is 2. The molecule has 8 aromatic carbocycles. The third-order valence-corrected chi connectivity index (χ3v) is 16.1. The first-order chi connectivity index (χ1) is 29.2. The zero-order chi connectivity index (χ0) is 41.7. The third-order valence-electron chi connectivity index (χ3n) is 11.3. The van der Waals surface area contributed by atoms with Crippen LogP contribution in [0.2, 0.25) is 0 Å². The van der Waals surface area contributed by atoms with E-state index in [0.29, 0.717) is 45.6 Å². The topological polar surface area (TPSA) is 52.6 Å². The summed E-state index contributed by atoms with van der Waals surface area (Å²) in [5, 5.41) is 2.36. The molecule has 60 heavy (non-hydrogen) atoms. The zero-order valence-electron chi connectivity index (χ0n) is 34.4. The van der Waals surface area contributed by atoms with Crippen LogP contribution in [-0.4, -0.2) is 0 Å². The van der Waals surface area contributed by atoms with Crippen molar-refractivity contribution in [3.63, 3.8) is 0 Å². The van der Waals surface area contributed by atoms with Crippen LogP contribution in [0.5, 0.6) is 11.5 Å². The first kappa shape index (κ1) is 40.6. The number of rotatable bonds is 13. The summed E-state index contributed by atoms with van der Waals surface area (Å²) < 4.78 is 46.7. The van der Waals surface area contributed by atoms with Crippen molar-refractivity contribution in [1.29, 1.82) is 0 Å². The molecule has 0 aliphatic heterocycles. The van der Waals surface area contributed by atoms with Crippen LogP contribution in [0, 0.1) is 27.7 Å². The van der Waals surface area contributed by atoms with Crippen LogP contribution in [0.1, 0.15) is 44.5 Å². The van der Waals surface area contributed by atoms with Crippen LogP contribution < -0.4 is 30.3 Å². The van der Waals surface area contributed by atoms with Gasteiger partial charge in [0.25, 0.3) is 0 Å². The van der Waals surface area contributed by atoms with E-state index in [0.717, 1.165) is 55.6 Å². The number of hydrogen-bond donors (Lipinski definition) is 0. The Morgan fingerprint density at radius 3 is 0.883 bits per heavy atom. The Morgan fingerprint density at radius 2 is 0.617 bits per heavy atom. The first-order valence-corrected chi connectivity index (χ1v) is 23.6. The van der Waals surface area contributed by atoms with E-state index in [1.165, 1.54) is 0 Å². The molecule has 8 aromatic rings. The summed E-state index contributed by atoms with van der Waals surface area (Å²) in [6, 6.07) is 62.9. The molecule has 4 nitrogen and oxygen atoms in total. The SMILES string of the molecule is Cc1cc(Cc2ccccc2)c(OP(=O)(c2ccccc2)c2ccccc2)c(-c2c(C)c(C)cc(Cc3ccccc3)c2OP(=O)(c2ccccc2)c2ccccc2)c1C. The van der Waals surface area contributed by atoms with Gasteiger partial charge in [0.1, 0.15) is 11.5 Å². The van der Waals surface area contributed by atoms with Crippen molar-refractivity contribution < 1.29 is 18.2 Å². The van der Waals surface area contributed by atoms with E-state index in [1.54, 1.807) is 0 Å². The third kappa shape index (κ3) is 8.19. The minimum Gasteiger partial charge on any atom is -0.436 e. The molecule has 0 aliphatic carbocycles. The molecule has 0 bridgehead atoms. The first-order valence-electron chi connectivity index (χ1n) is 20.3. The van der Waals surface area contributed by atoms with Gasteiger partial charge in [-0.1, -0.05) is 146 Å². The Bertz CT molecular complexity index is 2540. The molecule has 0 aromatic heterocycles. The van der Waals surface area contributed by atoms with Crippen LogP contribution in [0.3, 0.4) is 0 Å². The molecule has 0 radical (unpaired) electrons. The van der Waals surface area contributed by atoms with Gasteiger partial charge in [-0.3, -0.25) is 9.13 Å². The Labute approximate surface area is 354 Å². The molecule has 0 unspecified atom stereocenters. The second-order valence-corrected chi connectivity index (χ2v) is 20.0. The van der Waals surface area contributed by atoms with E-state index < -0.39 is 14.7 Å². The van der Waals surface area contributed by atoms with Crippen LogP contribution >= 0.6 is 14.7 Å². The highest BCUT2D eigenvalue weighted by molar-refractivity contribution is 7.75. The molecule has 0 saturated heterocycles. The minimum atomic E-state index is -3.80. The summed E-state index contributed by atoms with van der Waals surface area (Å²) in [6.07, 6.45) is 1.05. The quantitative estimate of drug-likeness (QED) is 0.109. The predicted molar refractivity (Wildman–Crippen MR) is 250 cm³/mol. The van der Waals surface area contributed by atoms with E-state index in [-0.39, 0.29) is 0 Å². The van der Waals surface area contributed by atoms with Gasteiger partial charge in [0.2, 0.25) is 0 Å². The van der Waals surface area contributed by atoms with Gasteiger partial charge < -0.3 is 9.05 Å². The van der Waals surface area contributed by atoms with Crippen molar-refractivity contribution in [3.05, 3.63) is 239 Å². The van der Waals surface area contributed by atoms with Crippen molar-refractivity contribution in [1.82, 2.24) is 0 Å². The molecule has 0 spiro atoms. The van der Waals surface area contributed by atoms with E-state index in [1.807, 2.05) is 158 Å². The van der Waals surface area contributed by atoms with Crippen molar-refractivity contribution >= 4 is 36.0 Å². The summed E-state index contributed by atoms with van der Waals surface area (Å²) in [5.74, 6) is 1.02. The lowest BCUT2D eigenvalue weighted by atomic mass is 9.85. The average molecular weight is 823 g/mol. The van der Waals surface area contributed by atoms with Crippen LogP contribution in [-0.2, 0) is 22.0 Å². The van der Waals surface area contributed by atoms with Crippen LogP contribution in [0.4, 0.5) is 0 Å². The minimum absolute atomic E-state index is 0.511.